The largest absolute Gasteiger partial charge is 0.382 e. The van der Waals surface area contributed by atoms with Crippen LogP contribution in [0.2, 0.25) is 0 Å². The van der Waals surface area contributed by atoms with Gasteiger partial charge in [0, 0.05) is 52.7 Å². The molecule has 2 heterocycles. The number of rotatable bonds is 11. The molecule has 0 aliphatic carbocycles. The summed E-state index contributed by atoms with van der Waals surface area (Å²) < 4.78 is 12.7. The first-order chi connectivity index (χ1) is 12.8. The molecule has 148 valence electrons. The van der Waals surface area contributed by atoms with E-state index in [1.54, 1.807) is 7.11 Å². The van der Waals surface area contributed by atoms with Crippen molar-refractivity contribution in [2.75, 3.05) is 46.6 Å². The Morgan fingerprint density at radius 1 is 1.15 bits per heavy atom. The van der Waals surface area contributed by atoms with Crippen LogP contribution in [0.1, 0.15) is 44.3 Å². The van der Waals surface area contributed by atoms with Crippen molar-refractivity contribution in [1.82, 2.24) is 25.4 Å². The summed E-state index contributed by atoms with van der Waals surface area (Å²) in [5, 5.41) is 15.4. The van der Waals surface area contributed by atoms with Gasteiger partial charge >= 0.3 is 0 Å². The summed E-state index contributed by atoms with van der Waals surface area (Å²) in [6.45, 7) is 7.49. The number of aryl methyl sites for hydroxylation is 1. The number of hydrogen-bond donors (Lipinski definition) is 2. The molecule has 0 saturated heterocycles. The predicted molar refractivity (Wildman–Crippen MR) is 103 cm³/mol. The number of nitrogens with zero attached hydrogens (tertiary/aromatic N) is 4. The maximum atomic E-state index is 5.46. The third kappa shape index (κ3) is 7.29. The number of guanidine groups is 1. The van der Waals surface area contributed by atoms with Gasteiger partial charge in [-0.3, -0.25) is 4.99 Å². The highest BCUT2D eigenvalue weighted by atomic mass is 16.5. The second kappa shape index (κ2) is 12.6. The number of hydrogen-bond acceptors (Lipinski definition) is 5. The van der Waals surface area contributed by atoms with Gasteiger partial charge in [0.05, 0.1) is 13.2 Å². The minimum Gasteiger partial charge on any atom is -0.382 e. The summed E-state index contributed by atoms with van der Waals surface area (Å²) in [4.78, 5) is 4.59. The van der Waals surface area contributed by atoms with E-state index in [1.165, 1.54) is 19.3 Å². The van der Waals surface area contributed by atoms with Crippen LogP contribution in [-0.4, -0.2) is 67.3 Å². The van der Waals surface area contributed by atoms with Crippen LogP contribution in [0, 0.1) is 0 Å². The van der Waals surface area contributed by atoms with E-state index in [-0.39, 0.29) is 0 Å². The van der Waals surface area contributed by atoms with E-state index >= 15 is 0 Å². The number of aliphatic imine (C=N–C) groups is 1. The molecule has 0 spiro atoms. The molecule has 0 bridgehead atoms. The van der Waals surface area contributed by atoms with Crippen LogP contribution in [0.4, 0.5) is 0 Å². The molecule has 0 aromatic carbocycles. The van der Waals surface area contributed by atoms with Gasteiger partial charge in [-0.05, 0) is 26.2 Å². The average molecular weight is 367 g/mol. The Morgan fingerprint density at radius 2 is 2.08 bits per heavy atom. The Bertz CT molecular complexity index is 532. The van der Waals surface area contributed by atoms with Crippen molar-refractivity contribution in [2.24, 2.45) is 4.99 Å². The van der Waals surface area contributed by atoms with Gasteiger partial charge in [0.2, 0.25) is 0 Å². The second-order valence-corrected chi connectivity index (χ2v) is 6.39. The lowest BCUT2D eigenvalue weighted by molar-refractivity contribution is 0.0702. The molecule has 0 fully saturated rings. The van der Waals surface area contributed by atoms with Crippen LogP contribution in [0.5, 0.6) is 0 Å². The molecule has 1 aromatic heterocycles. The van der Waals surface area contributed by atoms with E-state index in [2.05, 4.69) is 37.3 Å². The molecule has 2 N–H and O–H groups in total. The van der Waals surface area contributed by atoms with Gasteiger partial charge in [0.1, 0.15) is 11.6 Å². The Morgan fingerprint density at radius 3 is 2.92 bits per heavy atom. The fraction of sp³-hybridized carbons (Fsp3) is 0.833. The van der Waals surface area contributed by atoms with Crippen LogP contribution in [0.25, 0.3) is 0 Å². The topological polar surface area (TPSA) is 85.6 Å². The monoisotopic (exact) mass is 366 g/mol. The van der Waals surface area contributed by atoms with E-state index in [9.17, 15) is 0 Å². The molecule has 0 radical (unpaired) electrons. The van der Waals surface area contributed by atoms with E-state index in [0.717, 1.165) is 63.0 Å². The minimum atomic E-state index is 0.639. The smallest absolute Gasteiger partial charge is 0.191 e. The lowest BCUT2D eigenvalue weighted by Crippen LogP contribution is -2.38. The number of aromatic nitrogens is 3. The van der Waals surface area contributed by atoms with Gasteiger partial charge in [-0.15, -0.1) is 10.2 Å². The molecule has 1 aliphatic rings. The molecule has 0 atom stereocenters. The molecule has 0 saturated carbocycles. The lowest BCUT2D eigenvalue weighted by Gasteiger charge is -2.12. The van der Waals surface area contributed by atoms with Crippen molar-refractivity contribution in [3.05, 3.63) is 11.6 Å². The first kappa shape index (κ1) is 20.6. The highest BCUT2D eigenvalue weighted by Gasteiger charge is 2.14. The molecule has 0 unspecified atom stereocenters. The zero-order valence-electron chi connectivity index (χ0n) is 16.3. The van der Waals surface area contributed by atoms with Crippen LogP contribution >= 0.6 is 0 Å². The third-order valence-electron chi connectivity index (χ3n) is 4.32. The Labute approximate surface area is 156 Å². The second-order valence-electron chi connectivity index (χ2n) is 6.39. The third-order valence-corrected chi connectivity index (χ3v) is 4.32. The number of nitrogens with one attached hydrogen (secondary N) is 2. The molecule has 8 nitrogen and oxygen atoms in total. The summed E-state index contributed by atoms with van der Waals surface area (Å²) in [5.41, 5.74) is 0. The summed E-state index contributed by atoms with van der Waals surface area (Å²) >= 11 is 0. The van der Waals surface area contributed by atoms with E-state index in [0.29, 0.717) is 19.8 Å². The molecule has 8 heteroatoms. The Hall–Kier alpha value is -1.67. The highest BCUT2D eigenvalue weighted by molar-refractivity contribution is 5.79. The first-order valence-electron chi connectivity index (χ1n) is 9.85. The quantitative estimate of drug-likeness (QED) is 0.347. The van der Waals surface area contributed by atoms with E-state index < -0.39 is 0 Å². The molecule has 26 heavy (non-hydrogen) atoms. The molecule has 2 rings (SSSR count). The molecule has 0 amide bonds. The van der Waals surface area contributed by atoms with Crippen LogP contribution in [0.3, 0.4) is 0 Å². The van der Waals surface area contributed by atoms with Crippen molar-refractivity contribution in [3.8, 4) is 0 Å². The SMILES string of the molecule is CCNC(=NCCCOCCOC)NCCc1nnc2n1CCCCC2. The molecule has 1 aromatic rings. The fourth-order valence-corrected chi connectivity index (χ4v) is 2.97. The van der Waals surface area contributed by atoms with Crippen molar-refractivity contribution >= 4 is 5.96 Å². The molecular formula is C18H34N6O2. The van der Waals surface area contributed by atoms with Crippen LogP contribution in [-0.2, 0) is 28.9 Å². The summed E-state index contributed by atoms with van der Waals surface area (Å²) in [6, 6.07) is 0. The van der Waals surface area contributed by atoms with Crippen molar-refractivity contribution in [1.29, 1.82) is 0 Å². The van der Waals surface area contributed by atoms with Crippen molar-refractivity contribution < 1.29 is 9.47 Å². The number of methoxy groups -OCH3 is 1. The normalized spacial score (nSPS) is 14.8. The summed E-state index contributed by atoms with van der Waals surface area (Å²) in [6.07, 6.45) is 6.55. The standard InChI is InChI=1S/C18H34N6O2/c1-3-19-18(20-10-7-13-26-15-14-25-2)21-11-9-17-23-22-16-8-5-4-6-12-24(16)17/h3-15H2,1-2H3,(H2,19,20,21). The Balaban J connectivity index is 1.71. The summed E-state index contributed by atoms with van der Waals surface area (Å²) in [5.74, 6) is 3.07. The fourth-order valence-electron chi connectivity index (χ4n) is 2.97. The van der Waals surface area contributed by atoms with Crippen LogP contribution < -0.4 is 10.6 Å². The maximum Gasteiger partial charge on any atom is 0.191 e. The van der Waals surface area contributed by atoms with Gasteiger partial charge in [-0.25, -0.2) is 0 Å². The van der Waals surface area contributed by atoms with E-state index in [4.69, 9.17) is 9.47 Å². The number of fused-ring (bicyclic) bond motifs is 1. The van der Waals surface area contributed by atoms with Crippen molar-refractivity contribution in [2.45, 2.75) is 52.0 Å². The van der Waals surface area contributed by atoms with Gasteiger partial charge in [-0.1, -0.05) is 6.42 Å². The zero-order valence-corrected chi connectivity index (χ0v) is 16.3. The number of ether oxygens (including phenoxy) is 2. The minimum absolute atomic E-state index is 0.639. The predicted octanol–water partition coefficient (Wildman–Crippen LogP) is 1.16. The molecule has 1 aliphatic heterocycles. The van der Waals surface area contributed by atoms with Gasteiger partial charge in [0.25, 0.3) is 0 Å². The van der Waals surface area contributed by atoms with Gasteiger partial charge in [-0.2, -0.15) is 0 Å². The van der Waals surface area contributed by atoms with Crippen molar-refractivity contribution in [3.63, 3.8) is 0 Å². The molecular weight excluding hydrogens is 332 g/mol. The summed E-state index contributed by atoms with van der Waals surface area (Å²) in [7, 11) is 1.68. The lowest BCUT2D eigenvalue weighted by atomic mass is 10.2. The maximum absolute atomic E-state index is 5.46. The highest BCUT2D eigenvalue weighted by Crippen LogP contribution is 2.14. The van der Waals surface area contributed by atoms with Gasteiger partial charge in [0.15, 0.2) is 5.96 Å². The first-order valence-corrected chi connectivity index (χ1v) is 9.85. The van der Waals surface area contributed by atoms with Crippen LogP contribution in [0.15, 0.2) is 4.99 Å². The van der Waals surface area contributed by atoms with E-state index in [1.807, 2.05) is 0 Å². The Kier molecular flexibility index (Phi) is 10.0. The average Bonchev–Trinajstić information content (AvgIpc) is 2.87. The van der Waals surface area contributed by atoms with Gasteiger partial charge < -0.3 is 24.7 Å². The zero-order chi connectivity index (χ0) is 18.5.